The van der Waals surface area contributed by atoms with Crippen LogP contribution in [0.3, 0.4) is 0 Å². The minimum Gasteiger partial charge on any atom is -0.340 e. The second-order valence-corrected chi connectivity index (χ2v) is 6.15. The van der Waals surface area contributed by atoms with Crippen LogP contribution in [0.4, 0.5) is 0 Å². The van der Waals surface area contributed by atoms with E-state index in [1.54, 1.807) is 35.4 Å². The van der Waals surface area contributed by atoms with E-state index in [1.165, 1.54) is 0 Å². The zero-order chi connectivity index (χ0) is 15.5. The number of carbonyl (C=O) groups excluding carboxylic acids is 1. The fourth-order valence-corrected chi connectivity index (χ4v) is 3.32. The molecule has 0 aliphatic carbocycles. The van der Waals surface area contributed by atoms with E-state index in [-0.39, 0.29) is 11.9 Å². The lowest BCUT2D eigenvalue weighted by atomic mass is 10.1. The molecule has 1 aromatic heterocycles. The number of aromatic nitrogens is 3. The van der Waals surface area contributed by atoms with E-state index >= 15 is 0 Å². The molecule has 116 valence electrons. The number of likely N-dealkylation sites (tertiary alicyclic amines) is 1. The van der Waals surface area contributed by atoms with E-state index in [1.807, 2.05) is 4.90 Å². The lowest BCUT2D eigenvalue weighted by Crippen LogP contribution is -2.29. The molecule has 1 aliphatic rings. The molecule has 1 amide bonds. The normalized spacial score (nSPS) is 17.9. The maximum absolute atomic E-state index is 12.3. The number of halogens is 2. The molecule has 1 atom stereocenters. The van der Waals surface area contributed by atoms with Gasteiger partial charge in [0.05, 0.1) is 18.4 Å². The van der Waals surface area contributed by atoms with Gasteiger partial charge in [0.25, 0.3) is 0 Å². The van der Waals surface area contributed by atoms with Crippen LogP contribution in [0.2, 0.25) is 10.0 Å². The molecule has 5 nitrogen and oxygen atoms in total. The summed E-state index contributed by atoms with van der Waals surface area (Å²) in [6, 6.07) is 5.56. The minimum absolute atomic E-state index is 0.116. The summed E-state index contributed by atoms with van der Waals surface area (Å²) in [6.45, 7) is 1.39. The van der Waals surface area contributed by atoms with Crippen molar-refractivity contribution in [2.24, 2.45) is 0 Å². The number of hydrogen-bond donors (Lipinski definition) is 0. The Bertz CT molecular complexity index is 639. The Balaban J connectivity index is 1.57. The highest BCUT2D eigenvalue weighted by Gasteiger charge is 2.28. The Morgan fingerprint density at radius 3 is 2.59 bits per heavy atom. The standard InChI is InChI=1S/C15H16Cl2N4O/c16-13-2-1-3-14(17)12(13)4-5-15(22)20-9-6-11(10-20)21-18-7-8-19-21/h1-3,7-8,11H,4-6,9-10H2/t11-/m1/s1. The maximum atomic E-state index is 12.3. The molecule has 0 saturated carbocycles. The van der Waals surface area contributed by atoms with E-state index in [0.717, 1.165) is 18.5 Å². The van der Waals surface area contributed by atoms with Crippen molar-refractivity contribution in [1.82, 2.24) is 19.9 Å². The first-order valence-corrected chi connectivity index (χ1v) is 7.97. The van der Waals surface area contributed by atoms with Gasteiger partial charge in [-0.15, -0.1) is 0 Å². The lowest BCUT2D eigenvalue weighted by molar-refractivity contribution is -0.130. The van der Waals surface area contributed by atoms with Crippen LogP contribution < -0.4 is 0 Å². The summed E-state index contributed by atoms with van der Waals surface area (Å²) in [5.74, 6) is 0.116. The highest BCUT2D eigenvalue weighted by Crippen LogP contribution is 2.26. The smallest absolute Gasteiger partial charge is 0.222 e. The minimum atomic E-state index is 0.116. The van der Waals surface area contributed by atoms with Gasteiger partial charge < -0.3 is 4.90 Å². The highest BCUT2D eigenvalue weighted by atomic mass is 35.5. The van der Waals surface area contributed by atoms with Crippen LogP contribution in [-0.4, -0.2) is 38.9 Å². The van der Waals surface area contributed by atoms with Gasteiger partial charge in [0.2, 0.25) is 5.91 Å². The molecule has 7 heteroatoms. The van der Waals surface area contributed by atoms with Crippen LogP contribution in [0.25, 0.3) is 0 Å². The van der Waals surface area contributed by atoms with Gasteiger partial charge in [-0.1, -0.05) is 29.3 Å². The molecular weight excluding hydrogens is 323 g/mol. The Labute approximate surface area is 138 Å². The Hall–Kier alpha value is -1.59. The van der Waals surface area contributed by atoms with E-state index < -0.39 is 0 Å². The van der Waals surface area contributed by atoms with Crippen LogP contribution >= 0.6 is 23.2 Å². The second-order valence-electron chi connectivity index (χ2n) is 5.33. The Morgan fingerprint density at radius 2 is 1.91 bits per heavy atom. The van der Waals surface area contributed by atoms with Crippen molar-refractivity contribution < 1.29 is 4.79 Å². The number of rotatable bonds is 4. The first-order chi connectivity index (χ1) is 10.6. The molecule has 1 fully saturated rings. The summed E-state index contributed by atoms with van der Waals surface area (Å²) in [5, 5.41) is 9.51. The fraction of sp³-hybridized carbons (Fsp3) is 0.400. The first-order valence-electron chi connectivity index (χ1n) is 7.21. The van der Waals surface area contributed by atoms with Gasteiger partial charge in [-0.2, -0.15) is 15.0 Å². The molecule has 2 aromatic rings. The highest BCUT2D eigenvalue weighted by molar-refractivity contribution is 6.36. The van der Waals surface area contributed by atoms with Crippen LogP contribution in [0.15, 0.2) is 30.6 Å². The van der Waals surface area contributed by atoms with Crippen molar-refractivity contribution in [2.45, 2.75) is 25.3 Å². The third-order valence-corrected chi connectivity index (χ3v) is 4.64. The van der Waals surface area contributed by atoms with E-state index in [2.05, 4.69) is 10.2 Å². The summed E-state index contributed by atoms with van der Waals surface area (Å²) in [6.07, 6.45) is 5.16. The largest absolute Gasteiger partial charge is 0.340 e. The first kappa shape index (κ1) is 15.3. The van der Waals surface area contributed by atoms with E-state index in [0.29, 0.717) is 29.4 Å². The van der Waals surface area contributed by atoms with E-state index in [9.17, 15) is 4.79 Å². The van der Waals surface area contributed by atoms with Gasteiger partial charge in [-0.25, -0.2) is 0 Å². The molecule has 1 aromatic carbocycles. The molecule has 0 bridgehead atoms. The van der Waals surface area contributed by atoms with Crippen molar-refractivity contribution in [1.29, 1.82) is 0 Å². The van der Waals surface area contributed by atoms with Crippen LogP contribution in [0, 0.1) is 0 Å². The van der Waals surface area contributed by atoms with Gasteiger partial charge in [0.1, 0.15) is 0 Å². The van der Waals surface area contributed by atoms with E-state index in [4.69, 9.17) is 23.2 Å². The van der Waals surface area contributed by atoms with Gasteiger partial charge in [-0.05, 0) is 30.5 Å². The molecule has 0 N–H and O–H groups in total. The van der Waals surface area contributed by atoms with Crippen molar-refractivity contribution >= 4 is 29.1 Å². The topological polar surface area (TPSA) is 51.0 Å². The Kier molecular flexibility index (Phi) is 4.64. The Morgan fingerprint density at radius 1 is 1.23 bits per heavy atom. The average molecular weight is 339 g/mol. The third kappa shape index (κ3) is 3.25. The SMILES string of the molecule is O=C(CCc1c(Cl)cccc1Cl)N1CC[C@@H](n2nccn2)C1. The summed E-state index contributed by atoms with van der Waals surface area (Å²) < 4.78 is 0. The summed E-state index contributed by atoms with van der Waals surface area (Å²) in [4.78, 5) is 15.9. The zero-order valence-electron chi connectivity index (χ0n) is 12.0. The van der Waals surface area contributed by atoms with Crippen molar-refractivity contribution in [3.8, 4) is 0 Å². The number of nitrogens with zero attached hydrogens (tertiary/aromatic N) is 4. The second kappa shape index (κ2) is 6.67. The molecule has 2 heterocycles. The zero-order valence-corrected chi connectivity index (χ0v) is 13.5. The average Bonchev–Trinajstić information content (AvgIpc) is 3.17. The predicted molar refractivity (Wildman–Crippen MR) is 85.0 cm³/mol. The molecule has 1 saturated heterocycles. The third-order valence-electron chi connectivity index (χ3n) is 3.93. The van der Waals surface area contributed by atoms with Crippen LogP contribution in [0.5, 0.6) is 0 Å². The van der Waals surface area contributed by atoms with Gasteiger partial charge in [0, 0.05) is 29.6 Å². The summed E-state index contributed by atoms with van der Waals surface area (Å²) >= 11 is 12.3. The molecule has 0 radical (unpaired) electrons. The summed E-state index contributed by atoms with van der Waals surface area (Å²) in [7, 11) is 0. The number of hydrogen-bond acceptors (Lipinski definition) is 3. The van der Waals surface area contributed by atoms with Gasteiger partial charge >= 0.3 is 0 Å². The van der Waals surface area contributed by atoms with Crippen molar-refractivity contribution in [3.63, 3.8) is 0 Å². The fourth-order valence-electron chi connectivity index (χ4n) is 2.73. The van der Waals surface area contributed by atoms with Gasteiger partial charge in [-0.3, -0.25) is 4.79 Å². The van der Waals surface area contributed by atoms with Gasteiger partial charge in [0.15, 0.2) is 0 Å². The molecule has 0 spiro atoms. The van der Waals surface area contributed by atoms with Crippen LogP contribution in [0.1, 0.15) is 24.4 Å². The predicted octanol–water partition coefficient (Wildman–Crippen LogP) is 2.99. The summed E-state index contributed by atoms with van der Waals surface area (Å²) in [5.41, 5.74) is 0.837. The maximum Gasteiger partial charge on any atom is 0.222 e. The number of carbonyl (C=O) groups is 1. The molecule has 1 aliphatic heterocycles. The molecule has 0 unspecified atom stereocenters. The lowest BCUT2D eigenvalue weighted by Gasteiger charge is -2.16. The number of amides is 1. The molecule has 22 heavy (non-hydrogen) atoms. The van der Waals surface area contributed by atoms with Crippen molar-refractivity contribution in [3.05, 3.63) is 46.2 Å². The molecule has 3 rings (SSSR count). The van der Waals surface area contributed by atoms with Crippen LogP contribution in [-0.2, 0) is 11.2 Å². The van der Waals surface area contributed by atoms with Crippen molar-refractivity contribution in [2.75, 3.05) is 13.1 Å². The quantitative estimate of drug-likeness (QED) is 0.860. The number of benzene rings is 1. The molecular formula is C15H16Cl2N4O. The monoisotopic (exact) mass is 338 g/mol.